The van der Waals surface area contributed by atoms with E-state index in [0.29, 0.717) is 0 Å². The molecule has 0 unspecified atom stereocenters. The summed E-state index contributed by atoms with van der Waals surface area (Å²) in [6, 6.07) is 15.3. The zero-order chi connectivity index (χ0) is 21.8. The molecule has 2 aromatic rings. The Hall–Kier alpha value is -3.61. The van der Waals surface area contributed by atoms with Crippen molar-refractivity contribution in [2.24, 2.45) is 0 Å². The largest absolute Gasteiger partial charge is 0.362 e. The van der Waals surface area contributed by atoms with Gasteiger partial charge in [-0.1, -0.05) is 42.5 Å². The molecule has 2 heterocycles. The Balaban J connectivity index is 1.35. The topological polar surface area (TPSA) is 81.8 Å². The van der Waals surface area contributed by atoms with Crippen LogP contribution in [0.5, 0.6) is 0 Å². The number of hydrogen-bond donors (Lipinski definition) is 2. The number of carbonyl (C=O) groups excluding carboxylic acids is 3. The van der Waals surface area contributed by atoms with E-state index in [9.17, 15) is 14.4 Å². The number of hydrazine groups is 1. The molecular weight excluding hydrogens is 392 g/mol. The molecular formula is C24H26N4O3. The number of nitrogens with one attached hydrogen (secondary N) is 2. The van der Waals surface area contributed by atoms with Crippen LogP contribution in [0.3, 0.4) is 0 Å². The molecule has 1 atom stereocenters. The van der Waals surface area contributed by atoms with Crippen LogP contribution in [0, 0.1) is 0 Å². The monoisotopic (exact) mass is 418 g/mol. The second kappa shape index (κ2) is 9.04. The van der Waals surface area contributed by atoms with E-state index in [2.05, 4.69) is 16.9 Å². The summed E-state index contributed by atoms with van der Waals surface area (Å²) in [4.78, 5) is 40.7. The van der Waals surface area contributed by atoms with Crippen LogP contribution in [0.2, 0.25) is 0 Å². The maximum absolute atomic E-state index is 12.6. The summed E-state index contributed by atoms with van der Waals surface area (Å²) >= 11 is 0. The van der Waals surface area contributed by atoms with Crippen LogP contribution in [0.15, 0.2) is 54.7 Å². The highest BCUT2D eigenvalue weighted by atomic mass is 16.2. The van der Waals surface area contributed by atoms with Crippen molar-refractivity contribution < 1.29 is 14.4 Å². The van der Waals surface area contributed by atoms with Gasteiger partial charge in [0, 0.05) is 25.4 Å². The fraction of sp³-hybridized carbons (Fsp3) is 0.292. The number of anilines is 1. The van der Waals surface area contributed by atoms with Crippen LogP contribution in [0.1, 0.15) is 42.5 Å². The zero-order valence-electron chi connectivity index (χ0n) is 17.5. The summed E-state index contributed by atoms with van der Waals surface area (Å²) in [5.41, 5.74) is 9.21. The molecule has 0 fully saturated rings. The van der Waals surface area contributed by atoms with Gasteiger partial charge in [-0.2, -0.15) is 0 Å². The quantitative estimate of drug-likeness (QED) is 0.748. The summed E-state index contributed by atoms with van der Waals surface area (Å²) in [5.74, 6) is -0.775. The highest BCUT2D eigenvalue weighted by Crippen LogP contribution is 2.32. The molecule has 0 aromatic heterocycles. The van der Waals surface area contributed by atoms with E-state index >= 15 is 0 Å². The van der Waals surface area contributed by atoms with E-state index in [1.165, 1.54) is 12.5 Å². The first-order valence-corrected chi connectivity index (χ1v) is 10.5. The van der Waals surface area contributed by atoms with Crippen molar-refractivity contribution in [1.29, 1.82) is 0 Å². The molecule has 7 heteroatoms. The van der Waals surface area contributed by atoms with Gasteiger partial charge in [0.1, 0.15) is 0 Å². The number of benzene rings is 2. The van der Waals surface area contributed by atoms with Gasteiger partial charge in [-0.25, -0.2) is 0 Å². The molecule has 160 valence electrons. The smallest absolute Gasteiger partial charge is 0.257 e. The fourth-order valence-corrected chi connectivity index (χ4v) is 4.27. The normalized spacial score (nSPS) is 16.9. The van der Waals surface area contributed by atoms with Gasteiger partial charge in [-0.05, 0) is 41.7 Å². The molecule has 2 aromatic carbocycles. The van der Waals surface area contributed by atoms with E-state index in [-0.39, 0.29) is 30.7 Å². The lowest BCUT2D eigenvalue weighted by atomic mass is 9.93. The number of carbonyl (C=O) groups is 3. The van der Waals surface area contributed by atoms with Gasteiger partial charge in [0.05, 0.1) is 19.0 Å². The average Bonchev–Trinajstić information content (AvgIpc) is 2.78. The van der Waals surface area contributed by atoms with Crippen molar-refractivity contribution in [3.05, 3.63) is 71.4 Å². The number of nitrogens with zero attached hydrogens (tertiary/aromatic N) is 2. The fourth-order valence-electron chi connectivity index (χ4n) is 4.27. The number of fused-ring (bicyclic) bond motifs is 2. The first-order chi connectivity index (χ1) is 15.0. The Labute approximate surface area is 181 Å². The van der Waals surface area contributed by atoms with Crippen molar-refractivity contribution in [2.75, 3.05) is 18.0 Å². The Morgan fingerprint density at radius 3 is 2.58 bits per heavy atom. The number of hydrogen-bond acceptors (Lipinski definition) is 4. The number of amides is 3. The predicted molar refractivity (Wildman–Crippen MR) is 119 cm³/mol. The predicted octanol–water partition coefficient (Wildman–Crippen LogP) is 2.55. The average molecular weight is 418 g/mol. The molecule has 2 aliphatic heterocycles. The van der Waals surface area contributed by atoms with Gasteiger partial charge in [-0.15, -0.1) is 0 Å². The van der Waals surface area contributed by atoms with Gasteiger partial charge in [0.25, 0.3) is 5.91 Å². The molecule has 7 nitrogen and oxygen atoms in total. The lowest BCUT2D eigenvalue weighted by Crippen LogP contribution is -2.48. The van der Waals surface area contributed by atoms with Crippen LogP contribution in [-0.2, 0) is 20.8 Å². The molecule has 0 aliphatic carbocycles. The molecule has 2 aliphatic rings. The first kappa shape index (κ1) is 20.7. The first-order valence-electron chi connectivity index (χ1n) is 10.5. The van der Waals surface area contributed by atoms with Crippen LogP contribution in [-0.4, -0.2) is 35.7 Å². The van der Waals surface area contributed by atoms with Crippen molar-refractivity contribution in [2.45, 2.75) is 32.2 Å². The summed E-state index contributed by atoms with van der Waals surface area (Å²) in [7, 11) is 0. The third-order valence-electron chi connectivity index (χ3n) is 5.73. The summed E-state index contributed by atoms with van der Waals surface area (Å²) in [6.07, 6.45) is 5.62. The van der Waals surface area contributed by atoms with Gasteiger partial charge in [0.2, 0.25) is 11.8 Å². The summed E-state index contributed by atoms with van der Waals surface area (Å²) in [6.45, 7) is 2.45. The maximum atomic E-state index is 12.6. The Morgan fingerprint density at radius 1 is 1.00 bits per heavy atom. The Kier molecular flexibility index (Phi) is 6.02. The number of rotatable bonds is 4. The van der Waals surface area contributed by atoms with Crippen LogP contribution >= 0.6 is 0 Å². The van der Waals surface area contributed by atoms with Gasteiger partial charge < -0.3 is 9.80 Å². The summed E-state index contributed by atoms with van der Waals surface area (Å²) < 4.78 is 0. The molecule has 2 N–H and O–H groups in total. The van der Waals surface area contributed by atoms with Crippen LogP contribution in [0.25, 0.3) is 6.08 Å². The second-order valence-electron chi connectivity index (χ2n) is 7.84. The number of aryl methyl sites for hydroxylation is 1. The lowest BCUT2D eigenvalue weighted by Gasteiger charge is -2.32. The molecule has 0 radical (unpaired) electrons. The minimum atomic E-state index is -0.412. The van der Waals surface area contributed by atoms with Crippen molar-refractivity contribution in [3.63, 3.8) is 0 Å². The van der Waals surface area contributed by atoms with Gasteiger partial charge in [-0.3, -0.25) is 25.2 Å². The van der Waals surface area contributed by atoms with E-state index < -0.39 is 6.04 Å². The third-order valence-corrected chi connectivity index (χ3v) is 5.73. The van der Waals surface area contributed by atoms with Crippen LogP contribution in [0.4, 0.5) is 5.69 Å². The molecule has 0 spiro atoms. The molecule has 31 heavy (non-hydrogen) atoms. The van der Waals surface area contributed by atoms with Crippen molar-refractivity contribution in [3.8, 4) is 0 Å². The van der Waals surface area contributed by atoms with Gasteiger partial charge >= 0.3 is 0 Å². The third kappa shape index (κ3) is 4.60. The molecule has 0 saturated carbocycles. The second-order valence-corrected chi connectivity index (χ2v) is 7.84. The minimum Gasteiger partial charge on any atom is -0.362 e. The minimum absolute atomic E-state index is 0.0494. The molecule has 0 bridgehead atoms. The van der Waals surface area contributed by atoms with Crippen molar-refractivity contribution in [1.82, 2.24) is 15.8 Å². The molecule has 3 amide bonds. The van der Waals surface area contributed by atoms with Gasteiger partial charge in [0.15, 0.2) is 0 Å². The maximum Gasteiger partial charge on any atom is 0.257 e. The van der Waals surface area contributed by atoms with E-state index in [0.717, 1.165) is 36.2 Å². The Bertz CT molecular complexity index is 1030. The zero-order valence-corrected chi connectivity index (χ0v) is 17.5. The lowest BCUT2D eigenvalue weighted by molar-refractivity contribution is -0.132. The summed E-state index contributed by atoms with van der Waals surface area (Å²) in [5, 5.41) is 0. The highest BCUT2D eigenvalue weighted by molar-refractivity contribution is 5.86. The van der Waals surface area contributed by atoms with E-state index in [1.54, 1.807) is 11.1 Å². The SMILES string of the molecule is CC(=O)N1C=Cc2ccccc2[C@@H]1CC(=O)NNC(=O)CN1CCCc2ccccc21. The van der Waals surface area contributed by atoms with E-state index in [4.69, 9.17) is 0 Å². The Morgan fingerprint density at radius 2 is 1.74 bits per heavy atom. The number of para-hydroxylation sites is 1. The molecule has 4 rings (SSSR count). The standard InChI is InChI=1S/C24H26N4O3/c1-17(29)28-14-12-18-7-2-4-10-20(18)22(28)15-23(30)25-26-24(31)16-27-13-6-9-19-8-3-5-11-21(19)27/h2-5,7-8,10-12,14,22H,6,9,13,15-16H2,1H3,(H,25,30)(H,26,31)/t22-/m0/s1. The van der Waals surface area contributed by atoms with Crippen LogP contribution < -0.4 is 15.8 Å². The molecule has 0 saturated heterocycles. The van der Waals surface area contributed by atoms with E-state index in [1.807, 2.05) is 53.4 Å². The van der Waals surface area contributed by atoms with Crippen molar-refractivity contribution >= 4 is 29.5 Å². The highest BCUT2D eigenvalue weighted by Gasteiger charge is 2.28.